The van der Waals surface area contributed by atoms with Crippen LogP contribution in [0.4, 0.5) is 0 Å². The van der Waals surface area contributed by atoms with Gasteiger partial charge in [-0.05, 0) is 34.3 Å². The van der Waals surface area contributed by atoms with E-state index in [4.69, 9.17) is 11.6 Å². The topological polar surface area (TPSA) is 56.5 Å². The van der Waals surface area contributed by atoms with Gasteiger partial charge in [0.25, 0.3) is 0 Å². The van der Waals surface area contributed by atoms with E-state index in [9.17, 15) is 0 Å². The molecule has 0 aliphatic rings. The van der Waals surface area contributed by atoms with E-state index in [1.54, 1.807) is 10.1 Å². The molecule has 8 heteroatoms. The lowest BCUT2D eigenvalue weighted by Gasteiger charge is -2.01. The van der Waals surface area contributed by atoms with Crippen molar-refractivity contribution >= 4 is 34.7 Å². The molecule has 2 heterocycles. The Balaban J connectivity index is 1.93. The molecule has 0 radical (unpaired) electrons. The molecule has 0 aliphatic carbocycles. The Bertz CT molecular complexity index is 651. The molecule has 0 unspecified atom stereocenters. The summed E-state index contributed by atoms with van der Waals surface area (Å²) in [5.74, 6) is 0. The average molecular weight is 296 g/mol. The third kappa shape index (κ3) is 2.38. The molecular formula is C10H6ClN5S2. The Morgan fingerprint density at radius 1 is 1.22 bits per heavy atom. The summed E-state index contributed by atoms with van der Waals surface area (Å²) >= 11 is 8.63. The molecule has 0 fully saturated rings. The normalized spacial score (nSPS) is 10.7. The fourth-order valence-electron chi connectivity index (χ4n) is 1.34. The Morgan fingerprint density at radius 3 is 2.78 bits per heavy atom. The third-order valence-corrected chi connectivity index (χ3v) is 4.27. The van der Waals surface area contributed by atoms with Gasteiger partial charge >= 0.3 is 0 Å². The summed E-state index contributed by atoms with van der Waals surface area (Å²) in [6.45, 7) is 0. The molecule has 0 spiro atoms. The van der Waals surface area contributed by atoms with Crippen LogP contribution in [0, 0.1) is 0 Å². The maximum absolute atomic E-state index is 5.78. The number of halogens is 1. The van der Waals surface area contributed by atoms with E-state index in [-0.39, 0.29) is 0 Å². The van der Waals surface area contributed by atoms with Crippen LogP contribution in [0.5, 0.6) is 0 Å². The number of benzene rings is 1. The van der Waals surface area contributed by atoms with Gasteiger partial charge in [0.05, 0.1) is 5.69 Å². The summed E-state index contributed by atoms with van der Waals surface area (Å²) in [5, 5.41) is 14.6. The second kappa shape index (κ2) is 5.05. The van der Waals surface area contributed by atoms with E-state index in [2.05, 4.69) is 20.5 Å². The van der Waals surface area contributed by atoms with Crippen molar-refractivity contribution in [3.63, 3.8) is 0 Å². The first-order valence-corrected chi connectivity index (χ1v) is 7.03. The van der Waals surface area contributed by atoms with Gasteiger partial charge in [0.15, 0.2) is 4.34 Å². The summed E-state index contributed by atoms with van der Waals surface area (Å²) in [6.07, 6.45) is 0. The first-order valence-electron chi connectivity index (χ1n) is 4.95. The van der Waals surface area contributed by atoms with Crippen molar-refractivity contribution in [3.8, 4) is 5.69 Å². The zero-order valence-corrected chi connectivity index (χ0v) is 11.3. The van der Waals surface area contributed by atoms with Gasteiger partial charge in [-0.25, -0.2) is 4.98 Å². The van der Waals surface area contributed by atoms with Crippen molar-refractivity contribution in [1.29, 1.82) is 0 Å². The molecule has 0 N–H and O–H groups in total. The number of aromatic nitrogens is 5. The lowest BCUT2D eigenvalue weighted by molar-refractivity contribution is 0.756. The second-order valence-electron chi connectivity index (χ2n) is 3.25. The van der Waals surface area contributed by atoms with Crippen LogP contribution in [0.25, 0.3) is 5.69 Å². The Labute approximate surface area is 116 Å². The number of nitrogens with zero attached hydrogens (tertiary/aromatic N) is 5. The van der Waals surface area contributed by atoms with Crippen LogP contribution in [0.3, 0.4) is 0 Å². The Morgan fingerprint density at radius 2 is 2.06 bits per heavy atom. The van der Waals surface area contributed by atoms with Crippen molar-refractivity contribution in [3.05, 3.63) is 40.9 Å². The molecule has 0 saturated carbocycles. The number of para-hydroxylation sites is 1. The van der Waals surface area contributed by atoms with Crippen molar-refractivity contribution in [2.75, 3.05) is 0 Å². The van der Waals surface area contributed by atoms with Crippen molar-refractivity contribution < 1.29 is 0 Å². The minimum Gasteiger partial charge on any atom is -0.217 e. The predicted molar refractivity (Wildman–Crippen MR) is 70.4 cm³/mol. The lowest BCUT2D eigenvalue weighted by Crippen LogP contribution is -1.98. The number of hydrogen-bond donors (Lipinski definition) is 0. The molecule has 5 nitrogen and oxygen atoms in total. The lowest BCUT2D eigenvalue weighted by atomic mass is 10.3. The summed E-state index contributed by atoms with van der Waals surface area (Å²) in [6, 6.07) is 9.70. The van der Waals surface area contributed by atoms with E-state index < -0.39 is 0 Å². The highest BCUT2D eigenvalue weighted by Crippen LogP contribution is 2.30. The first-order chi connectivity index (χ1) is 8.83. The van der Waals surface area contributed by atoms with Crippen LogP contribution in [0.1, 0.15) is 0 Å². The molecule has 90 valence electrons. The number of rotatable bonds is 3. The van der Waals surface area contributed by atoms with Crippen molar-refractivity contribution in [2.45, 2.75) is 9.50 Å². The van der Waals surface area contributed by atoms with Crippen LogP contribution in [0.15, 0.2) is 45.2 Å². The minimum atomic E-state index is 0.487. The fraction of sp³-hybridized carbons (Fsp3) is 0. The molecule has 0 atom stereocenters. The second-order valence-corrected chi connectivity index (χ2v) is 5.71. The van der Waals surface area contributed by atoms with Crippen LogP contribution < -0.4 is 0 Å². The van der Waals surface area contributed by atoms with E-state index in [0.29, 0.717) is 10.3 Å². The zero-order valence-electron chi connectivity index (χ0n) is 8.89. The molecule has 0 amide bonds. The highest BCUT2D eigenvalue weighted by Gasteiger charge is 2.11. The summed E-state index contributed by atoms with van der Waals surface area (Å²) in [4.78, 5) is 4.16. The predicted octanol–water partition coefficient (Wildman–Crippen LogP) is 2.92. The van der Waals surface area contributed by atoms with Gasteiger partial charge in [-0.1, -0.05) is 29.8 Å². The summed E-state index contributed by atoms with van der Waals surface area (Å²) < 4.78 is 2.48. The largest absolute Gasteiger partial charge is 0.221 e. The van der Waals surface area contributed by atoms with Crippen molar-refractivity contribution in [2.24, 2.45) is 0 Å². The van der Waals surface area contributed by atoms with E-state index in [1.807, 2.05) is 30.3 Å². The minimum absolute atomic E-state index is 0.487. The molecule has 2 aromatic heterocycles. The van der Waals surface area contributed by atoms with E-state index in [1.165, 1.54) is 23.1 Å². The number of tetrazole rings is 1. The van der Waals surface area contributed by atoms with E-state index >= 15 is 0 Å². The summed E-state index contributed by atoms with van der Waals surface area (Å²) in [7, 11) is 0. The quantitative estimate of drug-likeness (QED) is 0.743. The van der Waals surface area contributed by atoms with Crippen LogP contribution in [-0.2, 0) is 0 Å². The molecule has 0 bridgehead atoms. The molecule has 18 heavy (non-hydrogen) atoms. The standard InChI is InChI=1S/C10H6ClN5S2/c11-8-6-17-10(12-8)18-9-13-14-15-16(9)7-4-2-1-3-5-7/h1-6H. The van der Waals surface area contributed by atoms with Gasteiger partial charge in [0.2, 0.25) is 5.16 Å². The third-order valence-electron chi connectivity index (χ3n) is 2.08. The first kappa shape index (κ1) is 11.6. The molecule has 0 saturated heterocycles. The fourth-order valence-corrected chi connectivity index (χ4v) is 3.22. The molecule has 3 aromatic rings. The van der Waals surface area contributed by atoms with Crippen LogP contribution in [-0.4, -0.2) is 25.2 Å². The zero-order chi connectivity index (χ0) is 12.4. The van der Waals surface area contributed by atoms with Crippen molar-refractivity contribution in [1.82, 2.24) is 25.2 Å². The van der Waals surface area contributed by atoms with Gasteiger partial charge in [-0.2, -0.15) is 4.68 Å². The van der Waals surface area contributed by atoms with E-state index in [0.717, 1.165) is 10.0 Å². The van der Waals surface area contributed by atoms with Gasteiger partial charge in [0, 0.05) is 5.38 Å². The highest BCUT2D eigenvalue weighted by molar-refractivity contribution is 8.00. The number of hydrogen-bond acceptors (Lipinski definition) is 6. The van der Waals surface area contributed by atoms with Crippen LogP contribution in [0.2, 0.25) is 5.15 Å². The molecule has 1 aromatic carbocycles. The number of thiazole rings is 1. The van der Waals surface area contributed by atoms with Gasteiger partial charge < -0.3 is 0 Å². The van der Waals surface area contributed by atoms with Gasteiger partial charge in [-0.15, -0.1) is 16.4 Å². The van der Waals surface area contributed by atoms with Gasteiger partial charge in [0.1, 0.15) is 5.15 Å². The average Bonchev–Trinajstić information content (AvgIpc) is 3.00. The highest BCUT2D eigenvalue weighted by atomic mass is 35.5. The SMILES string of the molecule is Clc1csc(Sc2nnnn2-c2ccccc2)n1. The smallest absolute Gasteiger partial charge is 0.217 e. The Hall–Kier alpha value is -1.44. The maximum atomic E-state index is 5.78. The van der Waals surface area contributed by atoms with Crippen LogP contribution >= 0.6 is 34.7 Å². The monoisotopic (exact) mass is 295 g/mol. The molecular weight excluding hydrogens is 290 g/mol. The molecule has 3 rings (SSSR count). The Kier molecular flexibility index (Phi) is 3.26. The molecule has 0 aliphatic heterocycles. The maximum Gasteiger partial charge on any atom is 0.221 e. The summed E-state index contributed by atoms with van der Waals surface area (Å²) in [5.41, 5.74) is 0.910. The van der Waals surface area contributed by atoms with Gasteiger partial charge in [-0.3, -0.25) is 0 Å².